The summed E-state index contributed by atoms with van der Waals surface area (Å²) in [6, 6.07) is 0.508. The summed E-state index contributed by atoms with van der Waals surface area (Å²) in [6.45, 7) is 13.9. The smallest absolute Gasteiger partial charge is 0.0622 e. The molecular formula is C13H29NO. The summed E-state index contributed by atoms with van der Waals surface area (Å²) in [5.41, 5.74) is 0. The standard InChI is InChI=1S/C13H29NO/c1-6-14-13(12(4)5)10-15-9-7-8-11(2)3/h11-14H,6-10H2,1-5H3. The van der Waals surface area contributed by atoms with Gasteiger partial charge >= 0.3 is 0 Å². The fourth-order valence-corrected chi connectivity index (χ4v) is 1.55. The van der Waals surface area contributed by atoms with E-state index in [9.17, 15) is 0 Å². The molecular weight excluding hydrogens is 186 g/mol. The molecule has 0 aromatic rings. The Balaban J connectivity index is 3.45. The number of hydrogen-bond acceptors (Lipinski definition) is 2. The minimum atomic E-state index is 0.508. The van der Waals surface area contributed by atoms with Crippen LogP contribution in [0.25, 0.3) is 0 Å². The number of likely N-dealkylation sites (N-methyl/N-ethyl adjacent to an activating group) is 1. The highest BCUT2D eigenvalue weighted by molar-refractivity contribution is 4.68. The molecule has 2 heteroatoms. The minimum Gasteiger partial charge on any atom is -0.380 e. The van der Waals surface area contributed by atoms with Crippen LogP contribution in [0.2, 0.25) is 0 Å². The third-order valence-electron chi connectivity index (χ3n) is 2.64. The van der Waals surface area contributed by atoms with Crippen LogP contribution in [-0.4, -0.2) is 25.8 Å². The minimum absolute atomic E-state index is 0.508. The van der Waals surface area contributed by atoms with Gasteiger partial charge in [-0.05, 0) is 31.2 Å². The average Bonchev–Trinajstić information content (AvgIpc) is 2.15. The van der Waals surface area contributed by atoms with Crippen LogP contribution in [-0.2, 0) is 4.74 Å². The second-order valence-electron chi connectivity index (χ2n) is 5.02. The summed E-state index contributed by atoms with van der Waals surface area (Å²) >= 11 is 0. The Kier molecular flexibility index (Phi) is 9.12. The largest absolute Gasteiger partial charge is 0.380 e. The Bertz CT molecular complexity index is 134. The van der Waals surface area contributed by atoms with E-state index in [1.54, 1.807) is 0 Å². The average molecular weight is 215 g/mol. The van der Waals surface area contributed by atoms with Crippen molar-refractivity contribution in [3.8, 4) is 0 Å². The molecule has 0 aliphatic heterocycles. The second kappa shape index (κ2) is 9.17. The van der Waals surface area contributed by atoms with Crippen molar-refractivity contribution in [1.82, 2.24) is 5.32 Å². The third-order valence-corrected chi connectivity index (χ3v) is 2.64. The second-order valence-corrected chi connectivity index (χ2v) is 5.02. The summed E-state index contributed by atoms with van der Waals surface area (Å²) in [4.78, 5) is 0. The molecule has 1 N–H and O–H groups in total. The fraction of sp³-hybridized carbons (Fsp3) is 1.00. The lowest BCUT2D eigenvalue weighted by atomic mass is 10.1. The predicted octanol–water partition coefficient (Wildman–Crippen LogP) is 3.07. The summed E-state index contributed by atoms with van der Waals surface area (Å²) < 4.78 is 5.70. The first kappa shape index (κ1) is 14.9. The van der Waals surface area contributed by atoms with Gasteiger partial charge in [0.05, 0.1) is 6.61 Å². The van der Waals surface area contributed by atoms with Crippen LogP contribution in [0.15, 0.2) is 0 Å². The van der Waals surface area contributed by atoms with E-state index >= 15 is 0 Å². The summed E-state index contributed by atoms with van der Waals surface area (Å²) in [5, 5.41) is 3.46. The Morgan fingerprint density at radius 3 is 2.27 bits per heavy atom. The van der Waals surface area contributed by atoms with E-state index in [1.807, 2.05) is 0 Å². The molecule has 0 aliphatic carbocycles. The Labute approximate surface area is 95.8 Å². The Morgan fingerprint density at radius 2 is 1.80 bits per heavy atom. The quantitative estimate of drug-likeness (QED) is 0.597. The fourth-order valence-electron chi connectivity index (χ4n) is 1.55. The number of nitrogens with one attached hydrogen (secondary N) is 1. The zero-order valence-corrected chi connectivity index (χ0v) is 11.2. The zero-order chi connectivity index (χ0) is 11.7. The molecule has 1 unspecified atom stereocenters. The molecule has 0 saturated heterocycles. The van der Waals surface area contributed by atoms with E-state index in [0.29, 0.717) is 12.0 Å². The van der Waals surface area contributed by atoms with Gasteiger partial charge in [-0.15, -0.1) is 0 Å². The molecule has 0 aromatic carbocycles. The summed E-state index contributed by atoms with van der Waals surface area (Å²) in [7, 11) is 0. The molecule has 1 atom stereocenters. The van der Waals surface area contributed by atoms with Gasteiger partial charge in [0, 0.05) is 12.6 Å². The maximum Gasteiger partial charge on any atom is 0.0622 e. The van der Waals surface area contributed by atoms with Gasteiger partial charge in [-0.2, -0.15) is 0 Å². The van der Waals surface area contributed by atoms with E-state index in [-0.39, 0.29) is 0 Å². The van der Waals surface area contributed by atoms with Crippen molar-refractivity contribution in [3.63, 3.8) is 0 Å². The topological polar surface area (TPSA) is 21.3 Å². The van der Waals surface area contributed by atoms with Crippen LogP contribution in [0.4, 0.5) is 0 Å². The molecule has 0 spiro atoms. The molecule has 0 heterocycles. The highest BCUT2D eigenvalue weighted by Crippen LogP contribution is 2.05. The van der Waals surface area contributed by atoms with Crippen LogP contribution in [0.5, 0.6) is 0 Å². The molecule has 0 radical (unpaired) electrons. The number of hydrogen-bond donors (Lipinski definition) is 1. The van der Waals surface area contributed by atoms with Crippen LogP contribution in [0.3, 0.4) is 0 Å². The molecule has 0 aliphatic rings. The maximum atomic E-state index is 5.70. The van der Waals surface area contributed by atoms with Gasteiger partial charge in [-0.3, -0.25) is 0 Å². The summed E-state index contributed by atoms with van der Waals surface area (Å²) in [6.07, 6.45) is 2.46. The predicted molar refractivity (Wildman–Crippen MR) is 67.2 cm³/mol. The van der Waals surface area contributed by atoms with Gasteiger partial charge in [0.2, 0.25) is 0 Å². The van der Waals surface area contributed by atoms with Crippen molar-refractivity contribution in [2.75, 3.05) is 19.8 Å². The van der Waals surface area contributed by atoms with E-state index < -0.39 is 0 Å². The van der Waals surface area contributed by atoms with Gasteiger partial charge in [0.25, 0.3) is 0 Å². The van der Waals surface area contributed by atoms with E-state index in [0.717, 1.165) is 25.7 Å². The molecule has 0 bridgehead atoms. The lowest BCUT2D eigenvalue weighted by Crippen LogP contribution is -2.37. The molecule has 0 aromatic heterocycles. The number of ether oxygens (including phenoxy) is 1. The lowest BCUT2D eigenvalue weighted by molar-refractivity contribution is 0.0940. The molecule has 0 saturated carbocycles. The van der Waals surface area contributed by atoms with Crippen LogP contribution >= 0.6 is 0 Å². The van der Waals surface area contributed by atoms with E-state index in [1.165, 1.54) is 12.8 Å². The van der Waals surface area contributed by atoms with Crippen molar-refractivity contribution in [2.45, 2.75) is 53.5 Å². The van der Waals surface area contributed by atoms with E-state index in [4.69, 9.17) is 4.74 Å². The van der Waals surface area contributed by atoms with Gasteiger partial charge in [0.15, 0.2) is 0 Å². The normalized spacial score (nSPS) is 13.8. The molecule has 0 amide bonds. The van der Waals surface area contributed by atoms with Crippen LogP contribution in [0, 0.1) is 11.8 Å². The first-order chi connectivity index (χ1) is 7.07. The monoisotopic (exact) mass is 215 g/mol. The number of rotatable bonds is 9. The molecule has 92 valence electrons. The maximum absolute atomic E-state index is 5.70. The van der Waals surface area contributed by atoms with Crippen molar-refractivity contribution in [2.24, 2.45) is 11.8 Å². The van der Waals surface area contributed by atoms with Crippen molar-refractivity contribution in [3.05, 3.63) is 0 Å². The van der Waals surface area contributed by atoms with Gasteiger partial charge in [-0.1, -0.05) is 34.6 Å². The van der Waals surface area contributed by atoms with Crippen LogP contribution < -0.4 is 5.32 Å². The molecule has 0 fully saturated rings. The van der Waals surface area contributed by atoms with Crippen molar-refractivity contribution >= 4 is 0 Å². The van der Waals surface area contributed by atoms with E-state index in [2.05, 4.69) is 39.9 Å². The first-order valence-corrected chi connectivity index (χ1v) is 6.39. The highest BCUT2D eigenvalue weighted by Gasteiger charge is 2.11. The SMILES string of the molecule is CCNC(COCCCC(C)C)C(C)C. The Hall–Kier alpha value is -0.0800. The van der Waals surface area contributed by atoms with Gasteiger partial charge in [0.1, 0.15) is 0 Å². The van der Waals surface area contributed by atoms with Crippen molar-refractivity contribution in [1.29, 1.82) is 0 Å². The highest BCUT2D eigenvalue weighted by atomic mass is 16.5. The van der Waals surface area contributed by atoms with Gasteiger partial charge < -0.3 is 10.1 Å². The first-order valence-electron chi connectivity index (χ1n) is 6.39. The molecule has 0 rings (SSSR count). The zero-order valence-electron chi connectivity index (χ0n) is 11.2. The van der Waals surface area contributed by atoms with Crippen molar-refractivity contribution < 1.29 is 4.74 Å². The Morgan fingerprint density at radius 1 is 1.13 bits per heavy atom. The van der Waals surface area contributed by atoms with Gasteiger partial charge in [-0.25, -0.2) is 0 Å². The van der Waals surface area contributed by atoms with Crippen LogP contribution in [0.1, 0.15) is 47.5 Å². The lowest BCUT2D eigenvalue weighted by Gasteiger charge is -2.21. The summed E-state index contributed by atoms with van der Waals surface area (Å²) in [5.74, 6) is 1.44. The molecule has 15 heavy (non-hydrogen) atoms. The molecule has 2 nitrogen and oxygen atoms in total. The third kappa shape index (κ3) is 8.88.